The normalized spacial score (nSPS) is 11.8. The summed E-state index contributed by atoms with van der Waals surface area (Å²) in [6, 6.07) is 21.1. The van der Waals surface area contributed by atoms with E-state index in [0.717, 1.165) is 4.47 Å². The van der Waals surface area contributed by atoms with Gasteiger partial charge in [0.1, 0.15) is 5.58 Å². The molecule has 0 aliphatic rings. The molecule has 0 radical (unpaired) electrons. The van der Waals surface area contributed by atoms with Crippen molar-refractivity contribution in [3.63, 3.8) is 0 Å². The monoisotopic (exact) mass is 497 g/mol. The number of fused-ring (bicyclic) bond motifs is 1. The zero-order valence-electron chi connectivity index (χ0n) is 16.4. The van der Waals surface area contributed by atoms with E-state index in [9.17, 15) is 9.59 Å². The van der Waals surface area contributed by atoms with Crippen molar-refractivity contribution in [3.8, 4) is 17.1 Å². The van der Waals surface area contributed by atoms with E-state index < -0.39 is 17.4 Å². The lowest BCUT2D eigenvalue weighted by Crippen LogP contribution is -2.31. The lowest BCUT2D eigenvalue weighted by atomic mass is 10.1. The number of carbonyl (C=O) groups excluding carboxylic acids is 1. The second-order valence-corrected chi connectivity index (χ2v) is 8.20. The summed E-state index contributed by atoms with van der Waals surface area (Å²) in [4.78, 5) is 25.9. The van der Waals surface area contributed by atoms with E-state index in [1.807, 2.05) is 30.3 Å². The molecule has 0 bridgehead atoms. The van der Waals surface area contributed by atoms with Gasteiger partial charge in [0.25, 0.3) is 5.91 Å². The fourth-order valence-electron chi connectivity index (χ4n) is 3.04. The molecule has 0 saturated heterocycles. The number of anilines is 1. The largest absolute Gasteiger partial charge is 0.473 e. The van der Waals surface area contributed by atoms with Crippen LogP contribution in [0.2, 0.25) is 5.02 Å². The van der Waals surface area contributed by atoms with Gasteiger partial charge in [0, 0.05) is 20.7 Å². The quantitative estimate of drug-likeness (QED) is 0.351. The first-order valence-electron chi connectivity index (χ1n) is 9.47. The Morgan fingerprint density at radius 3 is 2.48 bits per heavy atom. The van der Waals surface area contributed by atoms with Crippen LogP contribution >= 0.6 is 27.5 Å². The van der Waals surface area contributed by atoms with Crippen LogP contribution in [0.5, 0.6) is 5.75 Å². The van der Waals surface area contributed by atoms with Crippen LogP contribution in [0.25, 0.3) is 22.3 Å². The maximum atomic E-state index is 13.2. The molecular formula is C24H17BrClNO4. The summed E-state index contributed by atoms with van der Waals surface area (Å²) in [5.74, 6) is -0.185. The number of amides is 1. The molecule has 0 fully saturated rings. The van der Waals surface area contributed by atoms with Crippen LogP contribution < -0.4 is 15.5 Å². The molecule has 1 atom stereocenters. The van der Waals surface area contributed by atoms with Gasteiger partial charge in [0.15, 0.2) is 11.9 Å². The topological polar surface area (TPSA) is 68.5 Å². The average molecular weight is 499 g/mol. The molecule has 156 valence electrons. The first-order chi connectivity index (χ1) is 14.9. The molecule has 1 amide bonds. The Bertz CT molecular complexity index is 1300. The second kappa shape index (κ2) is 8.96. The number of ether oxygens (including phenoxy) is 1. The summed E-state index contributed by atoms with van der Waals surface area (Å²) in [6.07, 6.45) is -0.953. The van der Waals surface area contributed by atoms with Gasteiger partial charge in [-0.25, -0.2) is 0 Å². The zero-order chi connectivity index (χ0) is 22.0. The van der Waals surface area contributed by atoms with Crippen molar-refractivity contribution in [2.24, 2.45) is 0 Å². The van der Waals surface area contributed by atoms with Crippen molar-refractivity contribution in [1.29, 1.82) is 0 Å². The number of hydrogen-bond acceptors (Lipinski definition) is 4. The van der Waals surface area contributed by atoms with E-state index in [0.29, 0.717) is 21.9 Å². The molecule has 7 heteroatoms. The lowest BCUT2D eigenvalue weighted by molar-refractivity contribution is -0.122. The number of halogens is 2. The molecule has 1 unspecified atom stereocenters. The molecule has 0 aliphatic carbocycles. The second-order valence-electron chi connectivity index (χ2n) is 6.85. The molecule has 1 N–H and O–H groups in total. The molecule has 0 saturated carbocycles. The Morgan fingerprint density at radius 2 is 1.77 bits per heavy atom. The minimum atomic E-state index is -0.953. The van der Waals surface area contributed by atoms with Crippen LogP contribution in [-0.2, 0) is 4.79 Å². The summed E-state index contributed by atoms with van der Waals surface area (Å²) >= 11 is 9.42. The zero-order valence-corrected chi connectivity index (χ0v) is 18.7. The van der Waals surface area contributed by atoms with Crippen molar-refractivity contribution >= 4 is 50.1 Å². The first-order valence-corrected chi connectivity index (χ1v) is 10.6. The van der Waals surface area contributed by atoms with E-state index in [4.69, 9.17) is 20.8 Å². The van der Waals surface area contributed by atoms with Crippen molar-refractivity contribution in [2.75, 3.05) is 5.32 Å². The summed E-state index contributed by atoms with van der Waals surface area (Å²) in [5, 5.41) is 3.46. The third-order valence-corrected chi connectivity index (χ3v) is 5.39. The van der Waals surface area contributed by atoms with Gasteiger partial charge in [0.2, 0.25) is 11.2 Å². The minimum Gasteiger partial charge on any atom is -0.473 e. The Balaban J connectivity index is 1.72. The van der Waals surface area contributed by atoms with Crippen molar-refractivity contribution in [1.82, 2.24) is 0 Å². The van der Waals surface area contributed by atoms with Crippen molar-refractivity contribution in [2.45, 2.75) is 13.0 Å². The molecule has 3 aromatic carbocycles. The summed E-state index contributed by atoms with van der Waals surface area (Å²) < 4.78 is 12.8. The molecule has 31 heavy (non-hydrogen) atoms. The van der Waals surface area contributed by atoms with Crippen LogP contribution in [0.4, 0.5) is 5.69 Å². The minimum absolute atomic E-state index is 0.0422. The molecule has 1 heterocycles. The van der Waals surface area contributed by atoms with Gasteiger partial charge in [0.05, 0.1) is 5.39 Å². The van der Waals surface area contributed by atoms with Crippen LogP contribution in [-0.4, -0.2) is 12.0 Å². The van der Waals surface area contributed by atoms with Gasteiger partial charge in [-0.05, 0) is 49.4 Å². The van der Waals surface area contributed by atoms with Crippen LogP contribution in [0.3, 0.4) is 0 Å². The summed E-state index contributed by atoms with van der Waals surface area (Å²) in [5.41, 5.74) is 1.26. The molecular weight excluding hydrogens is 482 g/mol. The standard InChI is InChI=1S/C24H17BrClNO4/c1-14(24(29)27-18-10-7-16(25)8-11-18)30-23-21(28)19-13-17(26)9-12-20(19)31-22(23)15-5-3-2-4-6-15/h2-14H,1H3,(H,27,29). The summed E-state index contributed by atoms with van der Waals surface area (Å²) in [7, 11) is 0. The van der Waals surface area contributed by atoms with E-state index in [1.165, 1.54) is 6.07 Å². The number of benzene rings is 3. The highest BCUT2D eigenvalue weighted by molar-refractivity contribution is 9.10. The Morgan fingerprint density at radius 1 is 1.06 bits per heavy atom. The van der Waals surface area contributed by atoms with E-state index in [-0.39, 0.29) is 16.9 Å². The van der Waals surface area contributed by atoms with Gasteiger partial charge in [-0.15, -0.1) is 0 Å². The van der Waals surface area contributed by atoms with Crippen molar-refractivity contribution in [3.05, 3.63) is 92.5 Å². The third kappa shape index (κ3) is 4.65. The predicted octanol–water partition coefficient (Wildman–Crippen LogP) is 6.28. The smallest absolute Gasteiger partial charge is 0.265 e. The van der Waals surface area contributed by atoms with Gasteiger partial charge >= 0.3 is 0 Å². The highest BCUT2D eigenvalue weighted by Gasteiger charge is 2.23. The number of rotatable bonds is 5. The van der Waals surface area contributed by atoms with E-state index in [1.54, 1.807) is 43.3 Å². The number of hydrogen-bond donors (Lipinski definition) is 1. The fourth-order valence-corrected chi connectivity index (χ4v) is 3.48. The maximum Gasteiger partial charge on any atom is 0.265 e. The maximum absolute atomic E-state index is 13.2. The van der Waals surface area contributed by atoms with Gasteiger partial charge in [-0.1, -0.05) is 57.9 Å². The van der Waals surface area contributed by atoms with Crippen LogP contribution in [0, 0.1) is 0 Å². The molecule has 1 aromatic heterocycles. The average Bonchev–Trinajstić information content (AvgIpc) is 2.78. The van der Waals surface area contributed by atoms with Gasteiger partial charge in [-0.2, -0.15) is 0 Å². The Labute approximate surface area is 191 Å². The van der Waals surface area contributed by atoms with E-state index >= 15 is 0 Å². The van der Waals surface area contributed by atoms with Gasteiger partial charge in [-0.3, -0.25) is 9.59 Å². The van der Waals surface area contributed by atoms with Gasteiger partial charge < -0.3 is 14.5 Å². The third-order valence-electron chi connectivity index (χ3n) is 4.62. The Hall–Kier alpha value is -3.09. The number of carbonyl (C=O) groups is 1. The predicted molar refractivity (Wildman–Crippen MR) is 126 cm³/mol. The van der Waals surface area contributed by atoms with E-state index in [2.05, 4.69) is 21.2 Å². The molecule has 4 aromatic rings. The first kappa shape index (κ1) is 21.2. The highest BCUT2D eigenvalue weighted by Crippen LogP contribution is 2.32. The highest BCUT2D eigenvalue weighted by atomic mass is 79.9. The van der Waals surface area contributed by atoms with Crippen LogP contribution in [0.15, 0.2) is 86.5 Å². The summed E-state index contributed by atoms with van der Waals surface area (Å²) in [6.45, 7) is 1.57. The number of nitrogens with one attached hydrogen (secondary N) is 1. The molecule has 0 spiro atoms. The SMILES string of the molecule is CC(Oc1c(-c2ccccc2)oc2ccc(Cl)cc2c1=O)C(=O)Nc1ccc(Br)cc1. The lowest BCUT2D eigenvalue weighted by Gasteiger charge is -2.17. The molecule has 0 aliphatic heterocycles. The molecule has 5 nitrogen and oxygen atoms in total. The Kier molecular flexibility index (Phi) is 6.11. The molecule has 4 rings (SSSR count). The fraction of sp³-hybridized carbons (Fsp3) is 0.0833. The van der Waals surface area contributed by atoms with Crippen molar-refractivity contribution < 1.29 is 13.9 Å². The van der Waals surface area contributed by atoms with Crippen LogP contribution in [0.1, 0.15) is 6.92 Å².